The first-order valence-electron chi connectivity index (χ1n) is 6.35. The van der Waals surface area contributed by atoms with Crippen LogP contribution in [0.25, 0.3) is 0 Å². The van der Waals surface area contributed by atoms with E-state index in [2.05, 4.69) is 15.3 Å². The van der Waals surface area contributed by atoms with Crippen LogP contribution in [0.5, 0.6) is 0 Å². The number of carbonyl (C=O) groups is 2. The third kappa shape index (κ3) is 2.00. The topological polar surface area (TPSA) is 120 Å². The number of fused-ring (bicyclic) bond motifs is 1. The maximum absolute atomic E-state index is 11.8. The van der Waals surface area contributed by atoms with Crippen LogP contribution in [-0.4, -0.2) is 39.5 Å². The number of hydrogen-bond acceptors (Lipinski definition) is 6. The van der Waals surface area contributed by atoms with Crippen LogP contribution < -0.4 is 11.1 Å². The molecular formula is C13H13N5O3. The number of amides is 1. The molecule has 1 atom stereocenters. The van der Waals surface area contributed by atoms with Crippen LogP contribution >= 0.6 is 0 Å². The Balaban J connectivity index is 1.99. The van der Waals surface area contributed by atoms with Crippen LogP contribution in [-0.2, 0) is 9.59 Å². The van der Waals surface area contributed by atoms with Gasteiger partial charge in [-0.25, -0.2) is 14.7 Å². The highest BCUT2D eigenvalue weighted by molar-refractivity contribution is 6.12. The third-order valence-corrected chi connectivity index (χ3v) is 3.42. The zero-order valence-electron chi connectivity index (χ0n) is 11.0. The van der Waals surface area contributed by atoms with Crippen molar-refractivity contribution >= 4 is 29.5 Å². The maximum atomic E-state index is 11.8. The fourth-order valence-corrected chi connectivity index (χ4v) is 2.45. The van der Waals surface area contributed by atoms with Crippen molar-refractivity contribution in [1.82, 2.24) is 4.90 Å². The standard InChI is InChI=1S/C13H13N5O3/c14-11-16-12(15-8-4-2-1-3-5-8)17-13(10(20)21)7-6-9(19)18(11)13/h1-5H,6-7H2,(H,20,21)(H3,14,15,16,17). The van der Waals surface area contributed by atoms with Crippen molar-refractivity contribution in [1.29, 1.82) is 0 Å². The van der Waals surface area contributed by atoms with E-state index in [9.17, 15) is 14.7 Å². The molecule has 0 spiro atoms. The molecule has 1 saturated heterocycles. The lowest BCUT2D eigenvalue weighted by Gasteiger charge is -2.33. The van der Waals surface area contributed by atoms with Crippen molar-refractivity contribution in [2.75, 3.05) is 5.32 Å². The Bertz CT molecular complexity index is 670. The SMILES string of the molecule is NC1=NC(Nc2ccccc2)=NC2(C(=O)O)CCC(=O)N12. The largest absolute Gasteiger partial charge is 0.478 e. The summed E-state index contributed by atoms with van der Waals surface area (Å²) in [5.41, 5.74) is 4.75. The zero-order valence-corrected chi connectivity index (χ0v) is 11.0. The number of benzene rings is 1. The number of carboxylic acids is 1. The summed E-state index contributed by atoms with van der Waals surface area (Å²) in [5, 5.41) is 12.4. The molecule has 0 aromatic heterocycles. The van der Waals surface area contributed by atoms with Gasteiger partial charge in [0.25, 0.3) is 0 Å². The molecule has 1 aromatic rings. The fraction of sp³-hybridized carbons (Fsp3) is 0.231. The summed E-state index contributed by atoms with van der Waals surface area (Å²) in [6, 6.07) is 9.05. The summed E-state index contributed by atoms with van der Waals surface area (Å²) in [6.45, 7) is 0. The van der Waals surface area contributed by atoms with Gasteiger partial charge in [-0.15, -0.1) is 0 Å². The lowest BCUT2D eigenvalue weighted by molar-refractivity contribution is -0.150. The van der Waals surface area contributed by atoms with Crippen molar-refractivity contribution in [3.8, 4) is 0 Å². The summed E-state index contributed by atoms with van der Waals surface area (Å²) in [5.74, 6) is -1.69. The lowest BCUT2D eigenvalue weighted by atomic mass is 10.1. The molecule has 0 bridgehead atoms. The molecule has 4 N–H and O–H groups in total. The van der Waals surface area contributed by atoms with E-state index in [0.29, 0.717) is 5.69 Å². The van der Waals surface area contributed by atoms with Crippen molar-refractivity contribution in [2.45, 2.75) is 18.5 Å². The van der Waals surface area contributed by atoms with Crippen molar-refractivity contribution in [2.24, 2.45) is 15.7 Å². The van der Waals surface area contributed by atoms with Crippen LogP contribution in [0.2, 0.25) is 0 Å². The number of nitrogens with zero attached hydrogens (tertiary/aromatic N) is 3. The Morgan fingerprint density at radius 3 is 2.76 bits per heavy atom. The molecule has 2 heterocycles. The van der Waals surface area contributed by atoms with Crippen LogP contribution in [0.1, 0.15) is 12.8 Å². The van der Waals surface area contributed by atoms with E-state index in [4.69, 9.17) is 5.73 Å². The van der Waals surface area contributed by atoms with Gasteiger partial charge in [-0.3, -0.25) is 4.79 Å². The molecule has 8 heteroatoms. The van der Waals surface area contributed by atoms with Gasteiger partial charge in [0.1, 0.15) is 0 Å². The van der Waals surface area contributed by atoms with E-state index in [1.165, 1.54) is 0 Å². The van der Waals surface area contributed by atoms with E-state index in [1.807, 2.05) is 18.2 Å². The number of para-hydroxylation sites is 1. The molecule has 1 unspecified atom stereocenters. The molecule has 1 amide bonds. The third-order valence-electron chi connectivity index (χ3n) is 3.42. The molecule has 8 nitrogen and oxygen atoms in total. The molecule has 0 saturated carbocycles. The van der Waals surface area contributed by atoms with Crippen molar-refractivity contribution < 1.29 is 14.7 Å². The average Bonchev–Trinajstić information content (AvgIpc) is 2.79. The van der Waals surface area contributed by atoms with Gasteiger partial charge in [0, 0.05) is 18.5 Å². The summed E-state index contributed by atoms with van der Waals surface area (Å²) in [6.07, 6.45) is 0.141. The number of aliphatic imine (C=N–C) groups is 2. The van der Waals surface area contributed by atoms with Gasteiger partial charge in [-0.2, -0.15) is 4.99 Å². The van der Waals surface area contributed by atoms with Gasteiger partial charge in [0.2, 0.25) is 23.5 Å². The average molecular weight is 287 g/mol. The smallest absolute Gasteiger partial charge is 0.353 e. The molecule has 2 aliphatic heterocycles. The van der Waals surface area contributed by atoms with Gasteiger partial charge >= 0.3 is 5.97 Å². The van der Waals surface area contributed by atoms with Crippen molar-refractivity contribution in [3.05, 3.63) is 30.3 Å². The Kier molecular flexibility index (Phi) is 2.86. The molecule has 0 aliphatic carbocycles. The van der Waals surface area contributed by atoms with Gasteiger partial charge in [-0.1, -0.05) is 18.2 Å². The number of rotatable bonds is 2. The van der Waals surface area contributed by atoms with Gasteiger partial charge in [-0.05, 0) is 12.1 Å². The second kappa shape index (κ2) is 4.58. The van der Waals surface area contributed by atoms with E-state index in [1.54, 1.807) is 12.1 Å². The number of anilines is 1. The minimum atomic E-state index is -1.69. The second-order valence-corrected chi connectivity index (χ2v) is 4.75. The quantitative estimate of drug-likeness (QED) is 0.717. The van der Waals surface area contributed by atoms with Crippen LogP contribution in [0.3, 0.4) is 0 Å². The number of nitrogens with two attached hydrogens (primary N) is 1. The predicted molar refractivity (Wildman–Crippen MR) is 75.6 cm³/mol. The first-order chi connectivity index (χ1) is 10.0. The Hall–Kier alpha value is -2.90. The highest BCUT2D eigenvalue weighted by Gasteiger charge is 2.55. The van der Waals surface area contributed by atoms with Gasteiger partial charge < -0.3 is 16.2 Å². The lowest BCUT2D eigenvalue weighted by Crippen LogP contribution is -2.58. The zero-order chi connectivity index (χ0) is 15.0. The Labute approximate surface area is 120 Å². The molecule has 1 aromatic carbocycles. The first-order valence-corrected chi connectivity index (χ1v) is 6.35. The van der Waals surface area contributed by atoms with E-state index in [0.717, 1.165) is 4.90 Å². The second-order valence-electron chi connectivity index (χ2n) is 4.75. The number of nitrogens with one attached hydrogen (secondary N) is 1. The minimum Gasteiger partial charge on any atom is -0.478 e. The molecular weight excluding hydrogens is 274 g/mol. The first kappa shape index (κ1) is 13.1. The molecule has 3 rings (SSSR count). The van der Waals surface area contributed by atoms with Crippen molar-refractivity contribution in [3.63, 3.8) is 0 Å². The summed E-state index contributed by atoms with van der Waals surface area (Å²) < 4.78 is 0. The van der Waals surface area contributed by atoms with Gasteiger partial charge in [0.05, 0.1) is 0 Å². The molecule has 0 radical (unpaired) electrons. The summed E-state index contributed by atoms with van der Waals surface area (Å²) >= 11 is 0. The highest BCUT2D eigenvalue weighted by atomic mass is 16.4. The number of guanidine groups is 2. The number of carbonyl (C=O) groups excluding carboxylic acids is 1. The molecule has 1 fully saturated rings. The molecule has 21 heavy (non-hydrogen) atoms. The number of aliphatic carboxylic acids is 1. The molecule has 2 aliphatic rings. The Morgan fingerprint density at radius 2 is 2.10 bits per heavy atom. The van der Waals surface area contributed by atoms with E-state index in [-0.39, 0.29) is 30.7 Å². The maximum Gasteiger partial charge on any atom is 0.353 e. The van der Waals surface area contributed by atoms with E-state index < -0.39 is 11.6 Å². The summed E-state index contributed by atoms with van der Waals surface area (Å²) in [4.78, 5) is 32.5. The molecule has 108 valence electrons. The normalized spacial score (nSPS) is 24.2. The van der Waals surface area contributed by atoms with Crippen LogP contribution in [0.4, 0.5) is 5.69 Å². The number of hydrogen-bond donors (Lipinski definition) is 3. The highest BCUT2D eigenvalue weighted by Crippen LogP contribution is 2.34. The van der Waals surface area contributed by atoms with Crippen LogP contribution in [0, 0.1) is 0 Å². The Morgan fingerprint density at radius 1 is 1.38 bits per heavy atom. The van der Waals surface area contributed by atoms with Crippen LogP contribution in [0.15, 0.2) is 40.3 Å². The predicted octanol–water partition coefficient (Wildman–Crippen LogP) is 0.186. The number of carboxylic acid groups (broad SMARTS) is 1. The fourth-order valence-electron chi connectivity index (χ4n) is 2.45. The van der Waals surface area contributed by atoms with Gasteiger partial charge in [0.15, 0.2) is 0 Å². The summed E-state index contributed by atoms with van der Waals surface area (Å²) in [7, 11) is 0. The van der Waals surface area contributed by atoms with E-state index >= 15 is 0 Å². The monoisotopic (exact) mass is 287 g/mol. The minimum absolute atomic E-state index is 0.0668.